The highest BCUT2D eigenvalue weighted by Crippen LogP contribution is 2.24. The molecule has 0 aliphatic heterocycles. The number of nitrogens with zero attached hydrogens (tertiary/aromatic N) is 2. The van der Waals surface area contributed by atoms with Crippen molar-refractivity contribution in [2.45, 2.75) is 39.2 Å². The average Bonchev–Trinajstić information content (AvgIpc) is 3.02. The van der Waals surface area contributed by atoms with Crippen molar-refractivity contribution in [1.82, 2.24) is 20.5 Å². The van der Waals surface area contributed by atoms with E-state index in [9.17, 15) is 9.59 Å². The number of amides is 1. The quantitative estimate of drug-likeness (QED) is 0.704. The van der Waals surface area contributed by atoms with Crippen LogP contribution in [0.4, 0.5) is 0 Å². The molecule has 27 heavy (non-hydrogen) atoms. The van der Waals surface area contributed by atoms with E-state index in [1.54, 1.807) is 30.6 Å². The molecule has 0 aliphatic rings. The molecular weight excluding hydrogens is 364 g/mol. The summed E-state index contributed by atoms with van der Waals surface area (Å²) < 4.78 is 0. The summed E-state index contributed by atoms with van der Waals surface area (Å²) >= 11 is 6.23. The van der Waals surface area contributed by atoms with Crippen molar-refractivity contribution < 1.29 is 9.59 Å². The number of hydrogen-bond donors (Lipinski definition) is 2. The van der Waals surface area contributed by atoms with Gasteiger partial charge < -0.3 is 5.32 Å². The van der Waals surface area contributed by atoms with Gasteiger partial charge in [-0.1, -0.05) is 11.6 Å². The molecule has 0 fully saturated rings. The fraction of sp³-hybridized carbons (Fsp3) is 0.300. The van der Waals surface area contributed by atoms with Gasteiger partial charge in [-0.25, -0.2) is 0 Å². The maximum absolute atomic E-state index is 12.5. The second-order valence-electron chi connectivity index (χ2n) is 7.55. The molecule has 0 saturated carbocycles. The van der Waals surface area contributed by atoms with Crippen molar-refractivity contribution in [3.05, 3.63) is 58.5 Å². The normalized spacial score (nSPS) is 11.6. The first-order valence-corrected chi connectivity index (χ1v) is 9.00. The number of fused-ring (bicyclic) bond motifs is 1. The van der Waals surface area contributed by atoms with Crippen molar-refractivity contribution in [2.24, 2.45) is 0 Å². The van der Waals surface area contributed by atoms with Crippen molar-refractivity contribution >= 4 is 34.2 Å². The molecular formula is C20H21ClN4O2. The smallest absolute Gasteiger partial charge is 0.270 e. The van der Waals surface area contributed by atoms with Crippen LogP contribution in [0.1, 0.15) is 42.4 Å². The Balaban J connectivity index is 1.70. The van der Waals surface area contributed by atoms with Gasteiger partial charge in [0, 0.05) is 30.0 Å². The van der Waals surface area contributed by atoms with E-state index in [1.165, 1.54) is 0 Å². The number of ketones is 1. The third-order valence-electron chi connectivity index (χ3n) is 3.92. The molecule has 0 atom stereocenters. The number of halogens is 1. The first-order chi connectivity index (χ1) is 12.7. The van der Waals surface area contributed by atoms with Crippen LogP contribution in [0, 0.1) is 0 Å². The lowest BCUT2D eigenvalue weighted by Gasteiger charge is -2.20. The Bertz CT molecular complexity index is 1000. The van der Waals surface area contributed by atoms with Gasteiger partial charge in [-0.2, -0.15) is 5.10 Å². The van der Waals surface area contributed by atoms with Crippen LogP contribution in [0.5, 0.6) is 0 Å². The van der Waals surface area contributed by atoms with Crippen molar-refractivity contribution in [2.75, 3.05) is 0 Å². The molecule has 2 N–H and O–H groups in total. The summed E-state index contributed by atoms with van der Waals surface area (Å²) in [5.74, 6) is -0.230. The molecule has 6 nitrogen and oxygen atoms in total. The summed E-state index contributed by atoms with van der Waals surface area (Å²) in [5, 5.41) is 11.1. The number of benzene rings is 1. The number of aromatic nitrogens is 3. The van der Waals surface area contributed by atoms with Crippen LogP contribution in [0.2, 0.25) is 5.02 Å². The lowest BCUT2D eigenvalue weighted by Crippen LogP contribution is -2.40. The Morgan fingerprint density at radius 3 is 2.63 bits per heavy atom. The first-order valence-electron chi connectivity index (χ1n) is 8.62. The van der Waals surface area contributed by atoms with Crippen LogP contribution in [-0.2, 0) is 17.6 Å². The number of H-pyrrole nitrogens is 1. The van der Waals surface area contributed by atoms with Gasteiger partial charge in [-0.05, 0) is 56.2 Å². The van der Waals surface area contributed by atoms with E-state index >= 15 is 0 Å². The molecule has 7 heteroatoms. The second-order valence-corrected chi connectivity index (χ2v) is 7.96. The van der Waals surface area contributed by atoms with E-state index in [4.69, 9.17) is 11.6 Å². The molecule has 1 aromatic carbocycles. The molecule has 0 bridgehead atoms. The summed E-state index contributed by atoms with van der Waals surface area (Å²) in [5.41, 5.74) is 2.33. The lowest BCUT2D eigenvalue weighted by atomic mass is 10.0. The van der Waals surface area contributed by atoms with E-state index in [0.717, 1.165) is 22.0 Å². The van der Waals surface area contributed by atoms with E-state index in [1.807, 2.05) is 26.8 Å². The highest BCUT2D eigenvalue weighted by Gasteiger charge is 2.17. The van der Waals surface area contributed by atoms with Gasteiger partial charge in [0.05, 0.1) is 16.7 Å². The Morgan fingerprint density at radius 1 is 1.15 bits per heavy atom. The Hall–Kier alpha value is -2.73. The molecule has 0 spiro atoms. The van der Waals surface area contributed by atoms with Crippen LogP contribution in [-0.4, -0.2) is 32.4 Å². The fourth-order valence-corrected chi connectivity index (χ4v) is 3.09. The van der Waals surface area contributed by atoms with Gasteiger partial charge in [0.25, 0.3) is 5.91 Å². The topological polar surface area (TPSA) is 87.7 Å². The summed E-state index contributed by atoms with van der Waals surface area (Å²) in [6, 6.07) is 7.06. The molecule has 0 radical (unpaired) electrons. The number of aromatic amines is 1. The molecule has 0 aliphatic carbocycles. The monoisotopic (exact) mass is 384 g/mol. The number of hydrogen-bond acceptors (Lipinski definition) is 4. The van der Waals surface area contributed by atoms with Gasteiger partial charge in [0.2, 0.25) is 0 Å². The van der Waals surface area contributed by atoms with E-state index in [-0.39, 0.29) is 30.1 Å². The third kappa shape index (κ3) is 4.92. The molecule has 1 amide bonds. The van der Waals surface area contributed by atoms with Gasteiger partial charge in [0.1, 0.15) is 11.5 Å². The summed E-state index contributed by atoms with van der Waals surface area (Å²) in [6.45, 7) is 5.71. The van der Waals surface area contributed by atoms with Crippen molar-refractivity contribution in [3.8, 4) is 0 Å². The molecule has 0 saturated heterocycles. The lowest BCUT2D eigenvalue weighted by molar-refractivity contribution is -0.117. The SMILES string of the molecule is CC(C)(C)NC(=O)c1cc(CC(=O)Cc2cc(Cl)c3cn[nH]c3c2)ccn1. The van der Waals surface area contributed by atoms with Gasteiger partial charge in [-0.3, -0.25) is 19.7 Å². The molecule has 2 heterocycles. The van der Waals surface area contributed by atoms with E-state index in [0.29, 0.717) is 10.7 Å². The summed E-state index contributed by atoms with van der Waals surface area (Å²) in [7, 11) is 0. The van der Waals surface area contributed by atoms with E-state index in [2.05, 4.69) is 20.5 Å². The number of Topliss-reactive ketones (excluding diaryl/α,β-unsaturated/α-hetero) is 1. The zero-order chi connectivity index (χ0) is 19.6. The molecule has 3 aromatic rings. The largest absolute Gasteiger partial charge is 0.346 e. The van der Waals surface area contributed by atoms with Crippen molar-refractivity contribution in [3.63, 3.8) is 0 Å². The number of pyridine rings is 1. The van der Waals surface area contributed by atoms with Crippen LogP contribution in [0.25, 0.3) is 10.9 Å². The van der Waals surface area contributed by atoms with Crippen LogP contribution < -0.4 is 5.32 Å². The minimum absolute atomic E-state index is 0.0262. The van der Waals surface area contributed by atoms with Gasteiger partial charge in [0.15, 0.2) is 0 Å². The van der Waals surface area contributed by atoms with Gasteiger partial charge in [-0.15, -0.1) is 0 Å². The maximum Gasteiger partial charge on any atom is 0.270 e. The summed E-state index contributed by atoms with van der Waals surface area (Å²) in [6.07, 6.45) is 3.68. The zero-order valence-corrected chi connectivity index (χ0v) is 16.2. The van der Waals surface area contributed by atoms with Crippen LogP contribution >= 0.6 is 11.6 Å². The van der Waals surface area contributed by atoms with Crippen molar-refractivity contribution in [1.29, 1.82) is 0 Å². The predicted molar refractivity (Wildman–Crippen MR) is 105 cm³/mol. The third-order valence-corrected chi connectivity index (χ3v) is 4.23. The van der Waals surface area contributed by atoms with Crippen LogP contribution in [0.3, 0.4) is 0 Å². The predicted octanol–water partition coefficient (Wildman–Crippen LogP) is 3.49. The zero-order valence-electron chi connectivity index (χ0n) is 15.5. The average molecular weight is 385 g/mol. The molecule has 3 rings (SSSR count). The Kier molecular flexibility index (Phi) is 5.28. The summed E-state index contributed by atoms with van der Waals surface area (Å²) in [4.78, 5) is 28.8. The number of nitrogens with one attached hydrogen (secondary N) is 2. The Morgan fingerprint density at radius 2 is 1.89 bits per heavy atom. The highest BCUT2D eigenvalue weighted by atomic mass is 35.5. The molecule has 140 valence electrons. The second kappa shape index (κ2) is 7.48. The minimum Gasteiger partial charge on any atom is -0.346 e. The minimum atomic E-state index is -0.352. The first kappa shape index (κ1) is 19.0. The number of carbonyl (C=O) groups excluding carboxylic acids is 2. The fourth-order valence-electron chi connectivity index (χ4n) is 2.80. The Labute approximate surface area is 162 Å². The standard InChI is InChI=1S/C20H21ClN4O2/c1-20(2,3)24-19(27)18-9-12(4-5-22-18)6-14(26)7-13-8-16(21)15-11-23-25-17(15)10-13/h4-5,8-11H,6-7H2,1-3H3,(H,23,25)(H,24,27). The number of carbonyl (C=O) groups is 2. The maximum atomic E-state index is 12.5. The number of rotatable bonds is 5. The highest BCUT2D eigenvalue weighted by molar-refractivity contribution is 6.35. The van der Waals surface area contributed by atoms with Gasteiger partial charge >= 0.3 is 0 Å². The van der Waals surface area contributed by atoms with E-state index < -0.39 is 0 Å². The molecule has 2 aromatic heterocycles. The van der Waals surface area contributed by atoms with Crippen LogP contribution in [0.15, 0.2) is 36.7 Å². The molecule has 0 unspecified atom stereocenters.